The molecule has 0 aliphatic carbocycles. The highest BCUT2D eigenvalue weighted by atomic mass is 16.5. The average Bonchev–Trinajstić information content (AvgIpc) is 3.34. The average molecular weight is 443 g/mol. The zero-order valence-electron chi connectivity index (χ0n) is 19.5. The summed E-state index contributed by atoms with van der Waals surface area (Å²) in [6.45, 7) is 8.52. The number of amides is 2. The van der Waals surface area contributed by atoms with Crippen molar-refractivity contribution in [3.8, 4) is 0 Å². The molecule has 176 valence electrons. The summed E-state index contributed by atoms with van der Waals surface area (Å²) >= 11 is 0. The van der Waals surface area contributed by atoms with Crippen molar-refractivity contribution < 1.29 is 14.3 Å². The van der Waals surface area contributed by atoms with E-state index in [9.17, 15) is 9.59 Å². The molecule has 3 rings (SSSR count). The third-order valence-electron chi connectivity index (χ3n) is 6.17. The van der Waals surface area contributed by atoms with Crippen LogP contribution in [0.1, 0.15) is 57.4 Å². The van der Waals surface area contributed by atoms with E-state index in [4.69, 9.17) is 4.74 Å². The highest BCUT2D eigenvalue weighted by Crippen LogP contribution is 2.15. The molecule has 0 bridgehead atoms. The number of benzene rings is 1. The lowest BCUT2D eigenvalue weighted by molar-refractivity contribution is -0.137. The third-order valence-corrected chi connectivity index (χ3v) is 6.17. The Morgan fingerprint density at radius 1 is 1.00 bits per heavy atom. The molecule has 7 heteroatoms. The second kappa shape index (κ2) is 13.3. The number of unbranched alkanes of at least 4 members (excludes halogenated alkanes) is 3. The van der Waals surface area contributed by atoms with Gasteiger partial charge in [0.05, 0.1) is 25.5 Å². The molecule has 2 aliphatic heterocycles. The van der Waals surface area contributed by atoms with Crippen LogP contribution in [0.2, 0.25) is 0 Å². The summed E-state index contributed by atoms with van der Waals surface area (Å²) in [5, 5.41) is 6.04. The molecule has 0 radical (unpaired) electrons. The monoisotopic (exact) mass is 442 g/mol. The van der Waals surface area contributed by atoms with Crippen molar-refractivity contribution in [2.45, 2.75) is 51.9 Å². The number of carbonyl (C=O) groups excluding carboxylic acids is 2. The molecule has 0 aromatic heterocycles. The number of hydrazone groups is 1. The molecular weight excluding hydrogens is 404 g/mol. The Kier molecular flexibility index (Phi) is 10.2. The zero-order valence-corrected chi connectivity index (χ0v) is 19.5. The summed E-state index contributed by atoms with van der Waals surface area (Å²) in [5.41, 5.74) is 1.99. The number of rotatable bonds is 12. The second-order valence-electron chi connectivity index (χ2n) is 8.58. The van der Waals surface area contributed by atoms with E-state index in [1.54, 1.807) is 0 Å². The van der Waals surface area contributed by atoms with E-state index in [1.807, 2.05) is 35.2 Å². The van der Waals surface area contributed by atoms with Crippen molar-refractivity contribution in [2.75, 3.05) is 52.5 Å². The Labute approximate surface area is 192 Å². The van der Waals surface area contributed by atoms with Gasteiger partial charge in [-0.15, -0.1) is 0 Å². The molecule has 1 saturated heterocycles. The van der Waals surface area contributed by atoms with E-state index in [2.05, 4.69) is 16.9 Å². The number of hydrogen-bond acceptors (Lipinski definition) is 5. The molecule has 7 nitrogen and oxygen atoms in total. The molecule has 2 aliphatic rings. The summed E-state index contributed by atoms with van der Waals surface area (Å²) < 4.78 is 5.42. The molecule has 0 unspecified atom stereocenters. The van der Waals surface area contributed by atoms with E-state index in [0.717, 1.165) is 76.5 Å². The maximum atomic E-state index is 13.0. The highest BCUT2D eigenvalue weighted by molar-refractivity contribution is 6.02. The molecule has 2 heterocycles. The quantitative estimate of drug-likeness (QED) is 0.467. The van der Waals surface area contributed by atoms with Crippen molar-refractivity contribution in [3.05, 3.63) is 35.9 Å². The van der Waals surface area contributed by atoms with Crippen LogP contribution in [0.3, 0.4) is 0 Å². The number of morpholine rings is 1. The number of hydrogen-bond donors (Lipinski definition) is 0. The largest absolute Gasteiger partial charge is 0.379 e. The van der Waals surface area contributed by atoms with Gasteiger partial charge >= 0.3 is 0 Å². The van der Waals surface area contributed by atoms with E-state index >= 15 is 0 Å². The van der Waals surface area contributed by atoms with Crippen LogP contribution in [0.25, 0.3) is 0 Å². The topological polar surface area (TPSA) is 65.5 Å². The summed E-state index contributed by atoms with van der Waals surface area (Å²) in [6, 6.07) is 9.96. The molecule has 0 spiro atoms. The van der Waals surface area contributed by atoms with Gasteiger partial charge in [0, 0.05) is 52.0 Å². The van der Waals surface area contributed by atoms with Crippen LogP contribution in [0, 0.1) is 0 Å². The smallest absolute Gasteiger partial charge is 0.243 e. The Hall–Kier alpha value is -2.25. The van der Waals surface area contributed by atoms with Crippen molar-refractivity contribution in [1.82, 2.24) is 14.8 Å². The van der Waals surface area contributed by atoms with Crippen LogP contribution in [-0.4, -0.2) is 84.8 Å². The first-order valence-electron chi connectivity index (χ1n) is 12.2. The van der Waals surface area contributed by atoms with Crippen molar-refractivity contribution >= 4 is 17.5 Å². The first kappa shape index (κ1) is 24.4. The lowest BCUT2D eigenvalue weighted by atomic mass is 10.1. The fourth-order valence-corrected chi connectivity index (χ4v) is 4.15. The molecule has 0 atom stereocenters. The van der Waals surface area contributed by atoms with Gasteiger partial charge in [0.2, 0.25) is 11.8 Å². The lowest BCUT2D eigenvalue weighted by Gasteiger charge is -2.30. The molecule has 1 aromatic carbocycles. The number of ether oxygens (including phenoxy) is 1. The maximum Gasteiger partial charge on any atom is 0.243 e. The Morgan fingerprint density at radius 2 is 1.78 bits per heavy atom. The maximum absolute atomic E-state index is 13.0. The van der Waals surface area contributed by atoms with Gasteiger partial charge in [0.15, 0.2) is 0 Å². The first-order valence-corrected chi connectivity index (χ1v) is 12.2. The van der Waals surface area contributed by atoms with Gasteiger partial charge in [0.25, 0.3) is 0 Å². The van der Waals surface area contributed by atoms with E-state index in [-0.39, 0.29) is 24.7 Å². The van der Waals surface area contributed by atoms with Gasteiger partial charge in [-0.1, -0.05) is 56.5 Å². The van der Waals surface area contributed by atoms with Crippen molar-refractivity contribution in [2.24, 2.45) is 5.10 Å². The van der Waals surface area contributed by atoms with Crippen LogP contribution >= 0.6 is 0 Å². The van der Waals surface area contributed by atoms with Gasteiger partial charge in [-0.05, 0) is 12.0 Å². The Balaban J connectivity index is 1.48. The Morgan fingerprint density at radius 3 is 2.53 bits per heavy atom. The van der Waals surface area contributed by atoms with E-state index in [0.29, 0.717) is 6.54 Å². The van der Waals surface area contributed by atoms with E-state index < -0.39 is 0 Å². The van der Waals surface area contributed by atoms with Crippen molar-refractivity contribution in [1.29, 1.82) is 0 Å². The molecule has 1 fully saturated rings. The van der Waals surface area contributed by atoms with Gasteiger partial charge < -0.3 is 9.64 Å². The van der Waals surface area contributed by atoms with Gasteiger partial charge in [0.1, 0.15) is 0 Å². The van der Waals surface area contributed by atoms with Gasteiger partial charge in [-0.2, -0.15) is 5.10 Å². The predicted molar refractivity (Wildman–Crippen MR) is 127 cm³/mol. The fraction of sp³-hybridized carbons (Fsp3) is 0.640. The minimum Gasteiger partial charge on any atom is -0.379 e. The molecule has 1 aromatic rings. The van der Waals surface area contributed by atoms with Crippen LogP contribution in [0.5, 0.6) is 0 Å². The van der Waals surface area contributed by atoms with Crippen LogP contribution in [0.4, 0.5) is 0 Å². The summed E-state index contributed by atoms with van der Waals surface area (Å²) in [4.78, 5) is 30.0. The summed E-state index contributed by atoms with van der Waals surface area (Å²) in [6.07, 6.45) is 5.76. The Bertz CT molecular complexity index is 747. The van der Waals surface area contributed by atoms with Crippen LogP contribution in [-0.2, 0) is 14.3 Å². The first-order chi connectivity index (χ1) is 15.7. The fourth-order valence-electron chi connectivity index (χ4n) is 4.15. The standard InChI is InChI=1S/C25H38N4O3/c1-2-3-4-8-14-28(17-16-27-18-20-32-21-19-27)24(30)11-12-25(31)29-15-13-23(26-29)22-9-6-5-7-10-22/h5-7,9-10H,2-4,8,11-21H2,1H3. The normalized spacial score (nSPS) is 16.8. The molecule has 32 heavy (non-hydrogen) atoms. The van der Waals surface area contributed by atoms with Gasteiger partial charge in [-0.3, -0.25) is 14.5 Å². The third kappa shape index (κ3) is 7.71. The lowest BCUT2D eigenvalue weighted by Crippen LogP contribution is -2.43. The predicted octanol–water partition coefficient (Wildman–Crippen LogP) is 3.14. The highest BCUT2D eigenvalue weighted by Gasteiger charge is 2.23. The van der Waals surface area contributed by atoms with E-state index in [1.165, 1.54) is 17.9 Å². The molecule has 0 N–H and O–H groups in total. The minimum atomic E-state index is -0.0663. The summed E-state index contributed by atoms with van der Waals surface area (Å²) in [5.74, 6) is 0.0120. The number of carbonyl (C=O) groups is 2. The molecule has 2 amide bonds. The SMILES string of the molecule is CCCCCCN(CCN1CCOCC1)C(=O)CCC(=O)N1CCC(c2ccccc2)=N1. The van der Waals surface area contributed by atoms with Gasteiger partial charge in [-0.25, -0.2) is 5.01 Å². The summed E-state index contributed by atoms with van der Waals surface area (Å²) in [7, 11) is 0. The molecular formula is C25H38N4O3. The minimum absolute atomic E-state index is 0.0663. The van der Waals surface area contributed by atoms with Crippen LogP contribution in [0.15, 0.2) is 35.4 Å². The van der Waals surface area contributed by atoms with Crippen molar-refractivity contribution in [3.63, 3.8) is 0 Å². The van der Waals surface area contributed by atoms with Crippen LogP contribution < -0.4 is 0 Å². The number of nitrogens with zero attached hydrogens (tertiary/aromatic N) is 4. The second-order valence-corrected chi connectivity index (χ2v) is 8.58. The molecule has 0 saturated carbocycles. The zero-order chi connectivity index (χ0) is 22.6.